The SMILES string of the molecule is COC(=O)c1c(C)[nH]c(C(=O)CN2CCC(C(=O)Nc3ccccc3OC)CC2)c1C. The van der Waals surface area contributed by atoms with Gasteiger partial charge in [-0.05, 0) is 57.5 Å². The van der Waals surface area contributed by atoms with Crippen molar-refractivity contribution in [1.82, 2.24) is 9.88 Å². The average molecular weight is 428 g/mol. The molecule has 8 heteroatoms. The van der Waals surface area contributed by atoms with Gasteiger partial charge in [-0.15, -0.1) is 0 Å². The highest BCUT2D eigenvalue weighted by Gasteiger charge is 2.28. The van der Waals surface area contributed by atoms with Gasteiger partial charge in [0.1, 0.15) is 5.75 Å². The number of benzene rings is 1. The van der Waals surface area contributed by atoms with Gasteiger partial charge in [0, 0.05) is 11.6 Å². The van der Waals surface area contributed by atoms with E-state index in [9.17, 15) is 14.4 Å². The number of aryl methyl sites for hydroxylation is 1. The number of aromatic nitrogens is 1. The van der Waals surface area contributed by atoms with E-state index < -0.39 is 5.97 Å². The Labute approximate surface area is 181 Å². The van der Waals surface area contributed by atoms with Crippen LogP contribution >= 0.6 is 0 Å². The third-order valence-electron chi connectivity index (χ3n) is 5.80. The van der Waals surface area contributed by atoms with Crippen molar-refractivity contribution in [3.05, 3.63) is 46.8 Å². The van der Waals surface area contributed by atoms with Crippen LogP contribution < -0.4 is 10.1 Å². The number of nitrogens with zero attached hydrogens (tertiary/aromatic N) is 1. The highest BCUT2D eigenvalue weighted by Crippen LogP contribution is 2.26. The summed E-state index contributed by atoms with van der Waals surface area (Å²) in [4.78, 5) is 42.5. The molecule has 0 aliphatic carbocycles. The van der Waals surface area contributed by atoms with Gasteiger partial charge in [-0.2, -0.15) is 0 Å². The predicted molar refractivity (Wildman–Crippen MR) is 117 cm³/mol. The van der Waals surface area contributed by atoms with Crippen LogP contribution in [-0.2, 0) is 9.53 Å². The van der Waals surface area contributed by atoms with E-state index in [0.717, 1.165) is 0 Å². The summed E-state index contributed by atoms with van der Waals surface area (Å²) < 4.78 is 10.1. The number of ether oxygens (including phenoxy) is 2. The first-order chi connectivity index (χ1) is 14.8. The van der Waals surface area contributed by atoms with Crippen molar-refractivity contribution in [1.29, 1.82) is 0 Å². The molecule has 3 rings (SSSR count). The van der Waals surface area contributed by atoms with E-state index in [2.05, 4.69) is 10.3 Å². The third kappa shape index (κ3) is 4.96. The first-order valence-electron chi connectivity index (χ1n) is 10.3. The van der Waals surface area contributed by atoms with Crippen LogP contribution in [-0.4, -0.2) is 61.4 Å². The maximum atomic E-state index is 12.8. The first kappa shape index (κ1) is 22.6. The minimum absolute atomic E-state index is 0.0333. The van der Waals surface area contributed by atoms with E-state index in [1.165, 1.54) is 7.11 Å². The van der Waals surface area contributed by atoms with Gasteiger partial charge in [0.15, 0.2) is 5.78 Å². The highest BCUT2D eigenvalue weighted by molar-refractivity contribution is 6.02. The van der Waals surface area contributed by atoms with Crippen LogP contribution in [0.15, 0.2) is 24.3 Å². The maximum absolute atomic E-state index is 12.8. The van der Waals surface area contributed by atoms with Crippen molar-refractivity contribution < 1.29 is 23.9 Å². The molecule has 2 N–H and O–H groups in total. The molecule has 1 aliphatic rings. The quantitative estimate of drug-likeness (QED) is 0.520. The molecule has 0 unspecified atom stereocenters. The fraction of sp³-hybridized carbons (Fsp3) is 0.435. The number of carbonyl (C=O) groups is 3. The van der Waals surface area contributed by atoms with E-state index in [1.807, 2.05) is 23.1 Å². The second kappa shape index (κ2) is 9.78. The number of hydrogen-bond donors (Lipinski definition) is 2. The molecule has 1 fully saturated rings. The van der Waals surface area contributed by atoms with Gasteiger partial charge in [0.05, 0.1) is 37.7 Å². The Bertz CT molecular complexity index is 974. The zero-order chi connectivity index (χ0) is 22.5. The second-order valence-corrected chi connectivity index (χ2v) is 7.78. The molecular weight excluding hydrogens is 398 g/mol. The number of para-hydroxylation sites is 2. The maximum Gasteiger partial charge on any atom is 0.339 e. The van der Waals surface area contributed by atoms with E-state index >= 15 is 0 Å². The number of rotatable bonds is 7. The Balaban J connectivity index is 1.56. The topological polar surface area (TPSA) is 101 Å². The molecule has 1 amide bonds. The standard InChI is InChI=1S/C23H29N3O5/c1-14-20(23(29)31-4)15(2)24-21(14)18(27)13-26-11-9-16(10-12-26)22(28)25-17-7-5-6-8-19(17)30-3/h5-8,16,24H,9-13H2,1-4H3,(H,25,28). The van der Waals surface area contributed by atoms with Gasteiger partial charge in [-0.25, -0.2) is 4.79 Å². The fourth-order valence-electron chi connectivity index (χ4n) is 4.06. The van der Waals surface area contributed by atoms with Crippen LogP contribution in [0.3, 0.4) is 0 Å². The van der Waals surface area contributed by atoms with Crippen LogP contribution in [0.4, 0.5) is 5.69 Å². The number of amides is 1. The summed E-state index contributed by atoms with van der Waals surface area (Å²) in [6.07, 6.45) is 1.34. The Kier molecular flexibility index (Phi) is 7.12. The van der Waals surface area contributed by atoms with Gasteiger partial charge >= 0.3 is 5.97 Å². The number of esters is 1. The largest absolute Gasteiger partial charge is 0.495 e. The Morgan fingerprint density at radius 3 is 2.45 bits per heavy atom. The minimum atomic E-state index is -0.452. The summed E-state index contributed by atoms with van der Waals surface area (Å²) in [6.45, 7) is 5.04. The van der Waals surface area contributed by atoms with Crippen LogP contribution in [0.2, 0.25) is 0 Å². The molecule has 1 aromatic heterocycles. The molecule has 1 saturated heterocycles. The number of aromatic amines is 1. The van der Waals surface area contributed by atoms with Gasteiger partial charge < -0.3 is 19.8 Å². The average Bonchev–Trinajstić information content (AvgIpc) is 3.08. The first-order valence-corrected chi connectivity index (χ1v) is 10.3. The summed E-state index contributed by atoms with van der Waals surface area (Å²) in [6, 6.07) is 7.32. The normalized spacial score (nSPS) is 14.8. The molecule has 2 aromatic rings. The van der Waals surface area contributed by atoms with Crippen LogP contribution in [0, 0.1) is 19.8 Å². The summed E-state index contributed by atoms with van der Waals surface area (Å²) in [7, 11) is 2.89. The summed E-state index contributed by atoms with van der Waals surface area (Å²) in [5, 5.41) is 2.95. The smallest absolute Gasteiger partial charge is 0.339 e. The van der Waals surface area contributed by atoms with Crippen LogP contribution in [0.5, 0.6) is 5.75 Å². The van der Waals surface area contributed by atoms with Gasteiger partial charge in [0.25, 0.3) is 0 Å². The zero-order valence-electron chi connectivity index (χ0n) is 18.4. The molecule has 0 atom stereocenters. The van der Waals surface area contributed by atoms with E-state index in [4.69, 9.17) is 9.47 Å². The highest BCUT2D eigenvalue weighted by atomic mass is 16.5. The summed E-state index contributed by atoms with van der Waals surface area (Å²) >= 11 is 0. The number of nitrogens with one attached hydrogen (secondary N) is 2. The van der Waals surface area contributed by atoms with Crippen molar-refractivity contribution in [2.45, 2.75) is 26.7 Å². The molecule has 8 nitrogen and oxygen atoms in total. The molecular formula is C23H29N3O5. The van der Waals surface area contributed by atoms with Crippen LogP contribution in [0.25, 0.3) is 0 Å². The third-order valence-corrected chi connectivity index (χ3v) is 5.80. The lowest BCUT2D eigenvalue weighted by molar-refractivity contribution is -0.121. The number of H-pyrrole nitrogens is 1. The number of methoxy groups -OCH3 is 2. The van der Waals surface area contributed by atoms with E-state index in [1.54, 1.807) is 27.0 Å². The predicted octanol–water partition coefficient (Wildman–Crippen LogP) is 2.96. The van der Waals surface area contributed by atoms with Crippen molar-refractivity contribution in [3.63, 3.8) is 0 Å². The molecule has 1 aliphatic heterocycles. The lowest BCUT2D eigenvalue weighted by Crippen LogP contribution is -2.40. The van der Waals surface area contributed by atoms with E-state index in [-0.39, 0.29) is 24.2 Å². The number of carbonyl (C=O) groups excluding carboxylic acids is 3. The Hall–Kier alpha value is -3.13. The Morgan fingerprint density at radius 1 is 1.13 bits per heavy atom. The number of ketones is 1. The second-order valence-electron chi connectivity index (χ2n) is 7.78. The van der Waals surface area contributed by atoms with E-state index in [0.29, 0.717) is 59.9 Å². The zero-order valence-corrected chi connectivity index (χ0v) is 18.4. The van der Waals surface area contributed by atoms with Crippen molar-refractivity contribution in [2.75, 3.05) is 39.2 Å². The Morgan fingerprint density at radius 2 is 1.81 bits per heavy atom. The fourth-order valence-corrected chi connectivity index (χ4v) is 4.06. The molecule has 2 heterocycles. The minimum Gasteiger partial charge on any atom is -0.495 e. The van der Waals surface area contributed by atoms with Gasteiger partial charge in [-0.1, -0.05) is 12.1 Å². The lowest BCUT2D eigenvalue weighted by Gasteiger charge is -2.30. The lowest BCUT2D eigenvalue weighted by atomic mass is 9.95. The number of piperidine rings is 1. The molecule has 166 valence electrons. The van der Waals surface area contributed by atoms with Gasteiger partial charge in [0.2, 0.25) is 5.91 Å². The molecule has 31 heavy (non-hydrogen) atoms. The number of hydrogen-bond acceptors (Lipinski definition) is 6. The summed E-state index contributed by atoms with van der Waals surface area (Å²) in [5.74, 6) is -0.0487. The molecule has 0 radical (unpaired) electrons. The molecule has 0 spiro atoms. The number of anilines is 1. The van der Waals surface area contributed by atoms with Gasteiger partial charge in [-0.3, -0.25) is 14.5 Å². The van der Waals surface area contributed by atoms with Crippen molar-refractivity contribution >= 4 is 23.3 Å². The molecule has 1 aromatic carbocycles. The monoisotopic (exact) mass is 427 g/mol. The molecule has 0 bridgehead atoms. The summed E-state index contributed by atoms with van der Waals surface area (Å²) in [5.41, 5.74) is 2.75. The van der Waals surface area contributed by atoms with Crippen molar-refractivity contribution in [2.24, 2.45) is 5.92 Å². The number of likely N-dealkylation sites (tertiary alicyclic amines) is 1. The number of Topliss-reactive ketones (excluding diaryl/α,β-unsaturated/α-hetero) is 1. The molecule has 0 saturated carbocycles. The van der Waals surface area contributed by atoms with Crippen molar-refractivity contribution in [3.8, 4) is 5.75 Å². The van der Waals surface area contributed by atoms with Crippen LogP contribution in [0.1, 0.15) is 44.9 Å².